The van der Waals surface area contributed by atoms with E-state index in [2.05, 4.69) is 0 Å². The summed E-state index contributed by atoms with van der Waals surface area (Å²) in [6.45, 7) is 1.64. The van der Waals surface area contributed by atoms with Gasteiger partial charge in [-0.3, -0.25) is 4.79 Å². The van der Waals surface area contributed by atoms with Gasteiger partial charge in [0, 0.05) is 0 Å². The first-order valence-electron chi connectivity index (χ1n) is 3.48. The molecule has 0 aromatic rings. The highest BCUT2D eigenvalue weighted by atomic mass is 19.1. The highest BCUT2D eigenvalue weighted by Crippen LogP contribution is 2.35. The average molecular weight is 146 g/mol. The topological polar surface area (TPSA) is 37.3 Å². The van der Waals surface area contributed by atoms with Crippen molar-refractivity contribution in [3.8, 4) is 0 Å². The van der Waals surface area contributed by atoms with Gasteiger partial charge in [0.15, 0.2) is 0 Å². The van der Waals surface area contributed by atoms with Gasteiger partial charge >= 0.3 is 5.97 Å². The first kappa shape index (κ1) is 7.51. The Morgan fingerprint density at radius 3 is 2.50 bits per heavy atom. The molecule has 0 spiro atoms. The first-order chi connectivity index (χ1) is 4.61. The van der Waals surface area contributed by atoms with Crippen LogP contribution in [0.2, 0.25) is 0 Å². The molecular formula is C7H11FO2. The largest absolute Gasteiger partial charge is 0.481 e. The van der Waals surface area contributed by atoms with E-state index in [0.29, 0.717) is 12.8 Å². The van der Waals surface area contributed by atoms with E-state index >= 15 is 0 Å². The van der Waals surface area contributed by atoms with Crippen LogP contribution in [0.1, 0.15) is 19.8 Å². The highest BCUT2D eigenvalue weighted by molar-refractivity contribution is 5.70. The van der Waals surface area contributed by atoms with E-state index in [-0.39, 0.29) is 11.8 Å². The van der Waals surface area contributed by atoms with Crippen LogP contribution in [0.5, 0.6) is 0 Å². The van der Waals surface area contributed by atoms with Crippen LogP contribution in [-0.2, 0) is 4.79 Å². The van der Waals surface area contributed by atoms with Crippen molar-refractivity contribution in [1.29, 1.82) is 0 Å². The summed E-state index contributed by atoms with van der Waals surface area (Å²) in [6, 6.07) is 0. The molecule has 1 N–H and O–H groups in total. The highest BCUT2D eigenvalue weighted by Gasteiger charge is 2.35. The summed E-state index contributed by atoms with van der Waals surface area (Å²) in [5.41, 5.74) is 0. The number of carboxylic acid groups (broad SMARTS) is 1. The summed E-state index contributed by atoms with van der Waals surface area (Å²) in [6.07, 6.45) is 0.132. The van der Waals surface area contributed by atoms with Gasteiger partial charge in [0.2, 0.25) is 0 Å². The Labute approximate surface area is 59.0 Å². The van der Waals surface area contributed by atoms with Crippen molar-refractivity contribution in [3.05, 3.63) is 0 Å². The normalized spacial score (nSPS) is 34.6. The van der Waals surface area contributed by atoms with E-state index in [1.165, 1.54) is 0 Å². The molecule has 58 valence electrons. The van der Waals surface area contributed by atoms with Crippen molar-refractivity contribution in [1.82, 2.24) is 0 Å². The Hall–Kier alpha value is -0.600. The van der Waals surface area contributed by atoms with Crippen molar-refractivity contribution in [3.63, 3.8) is 0 Å². The lowest BCUT2D eigenvalue weighted by Crippen LogP contribution is -2.33. The second kappa shape index (κ2) is 2.56. The number of hydrogen-bond acceptors (Lipinski definition) is 1. The Kier molecular flexibility index (Phi) is 1.92. The molecule has 3 heteroatoms. The van der Waals surface area contributed by atoms with Gasteiger partial charge in [-0.2, -0.15) is 0 Å². The average Bonchev–Trinajstić information content (AvgIpc) is 1.79. The molecule has 1 rings (SSSR count). The van der Waals surface area contributed by atoms with Gasteiger partial charge in [0.25, 0.3) is 0 Å². The molecule has 0 aliphatic heterocycles. The summed E-state index contributed by atoms with van der Waals surface area (Å²) in [5.74, 6) is -1.10. The molecule has 0 unspecified atom stereocenters. The van der Waals surface area contributed by atoms with E-state index < -0.39 is 12.1 Å². The lowest BCUT2D eigenvalue weighted by atomic mass is 9.75. The smallest absolute Gasteiger partial charge is 0.306 e. The zero-order valence-electron chi connectivity index (χ0n) is 5.88. The second-order valence-corrected chi connectivity index (χ2v) is 2.96. The third-order valence-electron chi connectivity index (χ3n) is 2.21. The minimum Gasteiger partial charge on any atom is -0.481 e. The minimum absolute atomic E-state index is 0.0764. The van der Waals surface area contributed by atoms with Crippen LogP contribution < -0.4 is 0 Å². The number of halogens is 1. The van der Waals surface area contributed by atoms with E-state index in [1.807, 2.05) is 0 Å². The van der Waals surface area contributed by atoms with E-state index in [0.717, 1.165) is 0 Å². The number of rotatable bonds is 2. The molecule has 2 nitrogen and oxygen atoms in total. The predicted molar refractivity (Wildman–Crippen MR) is 34.4 cm³/mol. The number of alkyl halides is 1. The van der Waals surface area contributed by atoms with Crippen LogP contribution in [0.3, 0.4) is 0 Å². The van der Waals surface area contributed by atoms with Gasteiger partial charge in [-0.25, -0.2) is 4.39 Å². The molecule has 0 aromatic heterocycles. The quantitative estimate of drug-likeness (QED) is 0.640. The molecule has 1 saturated carbocycles. The lowest BCUT2D eigenvalue weighted by Gasteiger charge is -2.32. The van der Waals surface area contributed by atoms with Gasteiger partial charge in [-0.1, -0.05) is 6.92 Å². The van der Waals surface area contributed by atoms with Crippen LogP contribution in [0, 0.1) is 11.8 Å². The molecule has 1 fully saturated rings. The molecule has 1 aliphatic rings. The SMILES string of the molecule is C[C@H](C(=O)O)C1CC(F)C1. The van der Waals surface area contributed by atoms with Gasteiger partial charge in [-0.15, -0.1) is 0 Å². The van der Waals surface area contributed by atoms with Crippen LogP contribution >= 0.6 is 0 Å². The Bertz CT molecular complexity index is 141. The maximum Gasteiger partial charge on any atom is 0.306 e. The summed E-state index contributed by atoms with van der Waals surface area (Å²) >= 11 is 0. The molecule has 10 heavy (non-hydrogen) atoms. The molecule has 0 heterocycles. The fourth-order valence-corrected chi connectivity index (χ4v) is 1.20. The van der Waals surface area contributed by atoms with Crippen molar-refractivity contribution in [2.75, 3.05) is 0 Å². The molecular weight excluding hydrogens is 135 g/mol. The number of hydrogen-bond donors (Lipinski definition) is 1. The number of carbonyl (C=O) groups is 1. The fourth-order valence-electron chi connectivity index (χ4n) is 1.20. The lowest BCUT2D eigenvalue weighted by molar-refractivity contribution is -0.144. The summed E-state index contributed by atoms with van der Waals surface area (Å²) in [4.78, 5) is 10.3. The molecule has 1 atom stereocenters. The molecule has 0 radical (unpaired) electrons. The summed E-state index contributed by atoms with van der Waals surface area (Å²) in [7, 11) is 0. The fraction of sp³-hybridized carbons (Fsp3) is 0.857. The van der Waals surface area contributed by atoms with Crippen LogP contribution in [0.15, 0.2) is 0 Å². The van der Waals surface area contributed by atoms with Gasteiger partial charge < -0.3 is 5.11 Å². The van der Waals surface area contributed by atoms with Crippen LogP contribution in [0.25, 0.3) is 0 Å². The molecule has 0 bridgehead atoms. The third kappa shape index (κ3) is 1.28. The molecule has 0 amide bonds. The first-order valence-corrected chi connectivity index (χ1v) is 3.48. The van der Waals surface area contributed by atoms with Crippen molar-refractivity contribution in [2.45, 2.75) is 25.9 Å². The van der Waals surface area contributed by atoms with E-state index in [9.17, 15) is 9.18 Å². The van der Waals surface area contributed by atoms with Crippen LogP contribution in [-0.4, -0.2) is 17.2 Å². The molecule has 1 aliphatic carbocycles. The van der Waals surface area contributed by atoms with Crippen molar-refractivity contribution in [2.24, 2.45) is 11.8 Å². The van der Waals surface area contributed by atoms with Gasteiger partial charge in [0.05, 0.1) is 5.92 Å². The Balaban J connectivity index is 2.31. The monoisotopic (exact) mass is 146 g/mol. The standard InChI is InChI=1S/C7H11FO2/c1-4(7(9)10)5-2-6(8)3-5/h4-6H,2-3H2,1H3,(H,9,10)/t4-,5?,6?/m0/s1. The van der Waals surface area contributed by atoms with Crippen molar-refractivity contribution >= 4 is 5.97 Å². The summed E-state index contributed by atoms with van der Waals surface area (Å²) in [5, 5.41) is 8.48. The Morgan fingerprint density at radius 1 is 1.70 bits per heavy atom. The minimum atomic E-state index is -0.808. The number of carboxylic acids is 1. The van der Waals surface area contributed by atoms with Gasteiger partial charge in [-0.05, 0) is 18.8 Å². The molecule has 0 aromatic carbocycles. The summed E-state index contributed by atoms with van der Waals surface area (Å²) < 4.78 is 12.2. The van der Waals surface area contributed by atoms with Gasteiger partial charge in [0.1, 0.15) is 6.17 Å². The third-order valence-corrected chi connectivity index (χ3v) is 2.21. The Morgan fingerprint density at radius 2 is 2.20 bits per heavy atom. The predicted octanol–water partition coefficient (Wildman–Crippen LogP) is 1.46. The van der Waals surface area contributed by atoms with Crippen LogP contribution in [0.4, 0.5) is 4.39 Å². The maximum atomic E-state index is 12.2. The van der Waals surface area contributed by atoms with E-state index in [4.69, 9.17) is 5.11 Å². The van der Waals surface area contributed by atoms with E-state index in [1.54, 1.807) is 6.92 Å². The van der Waals surface area contributed by atoms with Crippen molar-refractivity contribution < 1.29 is 14.3 Å². The molecule has 0 saturated heterocycles. The zero-order chi connectivity index (χ0) is 7.72. The zero-order valence-corrected chi connectivity index (χ0v) is 5.88. The second-order valence-electron chi connectivity index (χ2n) is 2.96. The maximum absolute atomic E-state index is 12.2. The number of aliphatic carboxylic acids is 1.